The number of fused-ring (bicyclic) bond motifs is 4. The van der Waals surface area contributed by atoms with E-state index >= 15 is 0 Å². The third-order valence-corrected chi connectivity index (χ3v) is 5.34. The Balaban J connectivity index is 1.42. The summed E-state index contributed by atoms with van der Waals surface area (Å²) in [6.07, 6.45) is 4.93. The number of hydrogen-bond donors (Lipinski definition) is 1. The van der Waals surface area contributed by atoms with Crippen LogP contribution < -0.4 is 10.2 Å². The van der Waals surface area contributed by atoms with Crippen LogP contribution in [0.5, 0.6) is 0 Å². The molecule has 7 heteroatoms. The first-order valence-corrected chi connectivity index (χ1v) is 8.76. The van der Waals surface area contributed by atoms with Gasteiger partial charge in [0.2, 0.25) is 5.95 Å². The van der Waals surface area contributed by atoms with Crippen molar-refractivity contribution in [1.29, 1.82) is 0 Å². The Labute approximate surface area is 145 Å². The Hall–Kier alpha value is -2.83. The van der Waals surface area contributed by atoms with Gasteiger partial charge >= 0.3 is 6.03 Å². The Morgan fingerprint density at radius 2 is 2.16 bits per heavy atom. The number of benzene rings is 1. The molecule has 1 aliphatic carbocycles. The number of aromatic nitrogens is 4. The Kier molecular flexibility index (Phi) is 3.10. The lowest BCUT2D eigenvalue weighted by atomic mass is 9.93. The van der Waals surface area contributed by atoms with Gasteiger partial charge in [0.25, 0.3) is 0 Å². The van der Waals surface area contributed by atoms with Crippen molar-refractivity contribution in [3.8, 4) is 0 Å². The lowest BCUT2D eigenvalue weighted by Crippen LogP contribution is -2.42. The van der Waals surface area contributed by atoms with Crippen molar-refractivity contribution in [1.82, 2.24) is 24.6 Å². The molecular formula is C18H20N6O. The second-order valence-corrected chi connectivity index (χ2v) is 6.77. The third-order valence-electron chi connectivity index (χ3n) is 5.34. The van der Waals surface area contributed by atoms with Crippen molar-refractivity contribution in [2.24, 2.45) is 7.05 Å². The molecule has 0 radical (unpaired) electrons. The number of carbonyl (C=O) groups is 1. The van der Waals surface area contributed by atoms with Crippen LogP contribution in [0.3, 0.4) is 0 Å². The number of nitrogens with zero attached hydrogens (tertiary/aromatic N) is 5. The first kappa shape index (κ1) is 14.5. The fourth-order valence-electron chi connectivity index (χ4n) is 4.06. The van der Waals surface area contributed by atoms with Gasteiger partial charge in [0, 0.05) is 31.4 Å². The molecule has 5 rings (SSSR count). The molecule has 1 atom stereocenters. The molecule has 0 saturated carbocycles. The van der Waals surface area contributed by atoms with Gasteiger partial charge in [0.1, 0.15) is 0 Å². The molecule has 0 spiro atoms. The number of rotatable bonds is 1. The van der Waals surface area contributed by atoms with E-state index in [1.54, 1.807) is 4.90 Å². The van der Waals surface area contributed by atoms with Crippen LogP contribution in [-0.4, -0.2) is 31.9 Å². The van der Waals surface area contributed by atoms with Crippen molar-refractivity contribution < 1.29 is 4.79 Å². The van der Waals surface area contributed by atoms with Crippen LogP contribution in [0.25, 0.3) is 11.0 Å². The van der Waals surface area contributed by atoms with E-state index in [-0.39, 0.29) is 12.1 Å². The summed E-state index contributed by atoms with van der Waals surface area (Å²) in [6.45, 7) is 1.44. The van der Waals surface area contributed by atoms with Gasteiger partial charge in [-0.2, -0.15) is 5.10 Å². The van der Waals surface area contributed by atoms with Crippen molar-refractivity contribution in [2.75, 3.05) is 11.4 Å². The minimum absolute atomic E-state index is 0.0309. The first-order chi connectivity index (χ1) is 12.2. The van der Waals surface area contributed by atoms with E-state index in [9.17, 15) is 4.79 Å². The van der Waals surface area contributed by atoms with Crippen LogP contribution in [-0.2, 0) is 20.0 Å². The molecule has 0 unspecified atom stereocenters. The Morgan fingerprint density at radius 3 is 3.08 bits per heavy atom. The lowest BCUT2D eigenvalue weighted by Gasteiger charge is -2.26. The zero-order valence-corrected chi connectivity index (χ0v) is 14.1. The predicted octanol–water partition coefficient (Wildman–Crippen LogP) is 2.38. The van der Waals surface area contributed by atoms with E-state index in [1.807, 2.05) is 36.1 Å². The van der Waals surface area contributed by atoms with Crippen molar-refractivity contribution >= 4 is 23.0 Å². The summed E-state index contributed by atoms with van der Waals surface area (Å²) in [6, 6.07) is 7.97. The average molecular weight is 336 g/mol. The fraction of sp³-hybridized carbons (Fsp3) is 0.389. The molecule has 1 N–H and O–H groups in total. The van der Waals surface area contributed by atoms with E-state index in [0.717, 1.165) is 48.4 Å². The molecule has 1 aliphatic heterocycles. The molecule has 2 aliphatic rings. The van der Waals surface area contributed by atoms with Gasteiger partial charge in [-0.3, -0.25) is 9.58 Å². The standard InChI is InChI=1S/C18H20N6O/c1-22-15-8-4-6-13(12(15)11-19-22)21-18(25)24-10-9-23-16-7-3-2-5-14(16)20-17(23)24/h2-3,5,7,11,13H,4,6,8-10H2,1H3,(H,21,25)/t13-/m1/s1. The second kappa shape index (κ2) is 5.34. The van der Waals surface area contributed by atoms with Gasteiger partial charge < -0.3 is 9.88 Å². The highest BCUT2D eigenvalue weighted by molar-refractivity contribution is 5.94. The van der Waals surface area contributed by atoms with Crippen molar-refractivity contribution in [3.63, 3.8) is 0 Å². The molecular weight excluding hydrogens is 316 g/mol. The highest BCUT2D eigenvalue weighted by Crippen LogP contribution is 2.31. The maximum absolute atomic E-state index is 12.9. The summed E-state index contributed by atoms with van der Waals surface area (Å²) in [5, 5.41) is 7.55. The quantitative estimate of drug-likeness (QED) is 0.742. The van der Waals surface area contributed by atoms with Gasteiger partial charge in [-0.25, -0.2) is 9.78 Å². The van der Waals surface area contributed by atoms with Crippen LogP contribution in [0, 0.1) is 0 Å². The highest BCUT2D eigenvalue weighted by atomic mass is 16.2. The molecule has 128 valence electrons. The molecule has 0 fully saturated rings. The van der Waals surface area contributed by atoms with Gasteiger partial charge in [0.05, 0.1) is 23.3 Å². The highest BCUT2D eigenvalue weighted by Gasteiger charge is 2.31. The van der Waals surface area contributed by atoms with E-state index in [0.29, 0.717) is 6.54 Å². The largest absolute Gasteiger partial charge is 0.331 e. The molecule has 2 aromatic heterocycles. The van der Waals surface area contributed by atoms with E-state index in [4.69, 9.17) is 0 Å². The number of carbonyl (C=O) groups excluding carboxylic acids is 1. The summed E-state index contributed by atoms with van der Waals surface area (Å²) < 4.78 is 4.04. The van der Waals surface area contributed by atoms with Crippen LogP contribution >= 0.6 is 0 Å². The molecule has 0 bridgehead atoms. The minimum atomic E-state index is -0.0734. The monoisotopic (exact) mass is 336 g/mol. The number of nitrogens with one attached hydrogen (secondary N) is 1. The SMILES string of the molecule is Cn1ncc2c1CCC[C@H]2NC(=O)N1CCn2c1nc1ccccc12. The zero-order valence-electron chi connectivity index (χ0n) is 14.1. The van der Waals surface area contributed by atoms with E-state index in [2.05, 4.69) is 26.0 Å². The van der Waals surface area contributed by atoms with Gasteiger partial charge in [-0.1, -0.05) is 12.1 Å². The molecule has 2 amide bonds. The summed E-state index contributed by atoms with van der Waals surface area (Å²) in [4.78, 5) is 19.3. The summed E-state index contributed by atoms with van der Waals surface area (Å²) >= 11 is 0. The van der Waals surface area contributed by atoms with Crippen LogP contribution in [0.1, 0.15) is 30.1 Å². The predicted molar refractivity (Wildman–Crippen MR) is 94.5 cm³/mol. The summed E-state index contributed by atoms with van der Waals surface area (Å²) in [5.41, 5.74) is 4.39. The molecule has 7 nitrogen and oxygen atoms in total. The molecule has 3 heterocycles. The van der Waals surface area contributed by atoms with Crippen molar-refractivity contribution in [3.05, 3.63) is 41.7 Å². The molecule has 3 aromatic rings. The number of amides is 2. The molecule has 0 saturated heterocycles. The van der Waals surface area contributed by atoms with Crippen LogP contribution in [0.15, 0.2) is 30.5 Å². The molecule has 25 heavy (non-hydrogen) atoms. The Bertz CT molecular complexity index is 971. The average Bonchev–Trinajstić information content (AvgIpc) is 3.29. The van der Waals surface area contributed by atoms with Gasteiger partial charge in [-0.05, 0) is 31.4 Å². The zero-order chi connectivity index (χ0) is 17.0. The number of imidazole rings is 1. The number of aryl methyl sites for hydroxylation is 1. The van der Waals surface area contributed by atoms with E-state index in [1.165, 1.54) is 5.69 Å². The fourth-order valence-corrected chi connectivity index (χ4v) is 4.06. The normalized spacial score (nSPS) is 19.1. The smallest absolute Gasteiger partial charge is 0.324 e. The van der Waals surface area contributed by atoms with Crippen LogP contribution in [0.2, 0.25) is 0 Å². The topological polar surface area (TPSA) is 68.0 Å². The number of urea groups is 1. The van der Waals surface area contributed by atoms with E-state index < -0.39 is 0 Å². The maximum Gasteiger partial charge on any atom is 0.324 e. The van der Waals surface area contributed by atoms with Gasteiger partial charge in [-0.15, -0.1) is 0 Å². The first-order valence-electron chi connectivity index (χ1n) is 8.76. The summed E-state index contributed by atoms with van der Waals surface area (Å²) in [7, 11) is 1.96. The summed E-state index contributed by atoms with van der Waals surface area (Å²) in [5.74, 6) is 0.737. The number of anilines is 1. The maximum atomic E-state index is 12.9. The number of hydrogen-bond acceptors (Lipinski definition) is 3. The minimum Gasteiger partial charge on any atom is -0.331 e. The van der Waals surface area contributed by atoms with Gasteiger partial charge in [0.15, 0.2) is 0 Å². The molecule has 1 aromatic carbocycles. The second-order valence-electron chi connectivity index (χ2n) is 6.77. The Morgan fingerprint density at radius 1 is 1.28 bits per heavy atom. The van der Waals surface area contributed by atoms with Crippen LogP contribution in [0.4, 0.5) is 10.7 Å². The lowest BCUT2D eigenvalue weighted by molar-refractivity contribution is 0.241. The number of para-hydroxylation sites is 2. The van der Waals surface area contributed by atoms with Crippen molar-refractivity contribution in [2.45, 2.75) is 31.8 Å². The third kappa shape index (κ3) is 2.15.